The molecule has 0 spiro atoms. The van der Waals surface area contributed by atoms with Gasteiger partial charge in [-0.05, 0) is 36.4 Å². The molecule has 1 rings (SSSR count). The smallest absolute Gasteiger partial charge is 0.220 e. The summed E-state index contributed by atoms with van der Waals surface area (Å²) in [5.41, 5.74) is 7.73. The Morgan fingerprint density at radius 1 is 1.30 bits per heavy atom. The third kappa shape index (κ3) is 6.17. The standard InChI is InChI=1S/C16H26N2O2/c1-13(9-10-17)7-8-16(19)18-11-14-5-3-4-6-15(14)12-20-2/h3-6,13H,7-12,17H2,1-2H3,(H,18,19). The van der Waals surface area contributed by atoms with Crippen molar-refractivity contribution in [2.75, 3.05) is 13.7 Å². The number of nitrogens with one attached hydrogen (secondary N) is 1. The van der Waals surface area contributed by atoms with Crippen LogP contribution in [0.2, 0.25) is 0 Å². The van der Waals surface area contributed by atoms with Crippen LogP contribution in [0.3, 0.4) is 0 Å². The minimum atomic E-state index is 0.0982. The van der Waals surface area contributed by atoms with Gasteiger partial charge in [-0.15, -0.1) is 0 Å². The summed E-state index contributed by atoms with van der Waals surface area (Å²) in [5, 5.41) is 2.97. The van der Waals surface area contributed by atoms with Crippen molar-refractivity contribution < 1.29 is 9.53 Å². The molecule has 1 atom stereocenters. The fourth-order valence-corrected chi connectivity index (χ4v) is 2.11. The number of ether oxygens (including phenoxy) is 1. The van der Waals surface area contributed by atoms with Crippen LogP contribution in [0.25, 0.3) is 0 Å². The molecule has 1 aromatic rings. The number of hydrogen-bond acceptors (Lipinski definition) is 3. The van der Waals surface area contributed by atoms with Crippen molar-refractivity contribution in [1.82, 2.24) is 5.32 Å². The lowest BCUT2D eigenvalue weighted by Crippen LogP contribution is -2.23. The van der Waals surface area contributed by atoms with E-state index in [1.165, 1.54) is 0 Å². The molecule has 0 aromatic heterocycles. The minimum Gasteiger partial charge on any atom is -0.380 e. The first kappa shape index (κ1) is 16.7. The molecule has 0 aliphatic carbocycles. The summed E-state index contributed by atoms with van der Waals surface area (Å²) >= 11 is 0. The molecule has 0 aliphatic rings. The van der Waals surface area contributed by atoms with E-state index in [0.717, 1.165) is 24.0 Å². The predicted octanol–water partition coefficient (Wildman–Crippen LogP) is 2.21. The fourth-order valence-electron chi connectivity index (χ4n) is 2.11. The second kappa shape index (κ2) is 9.50. The lowest BCUT2D eigenvalue weighted by Gasteiger charge is -2.12. The Kier molecular flexibility index (Phi) is 7.92. The van der Waals surface area contributed by atoms with E-state index < -0.39 is 0 Å². The number of hydrogen-bond donors (Lipinski definition) is 2. The van der Waals surface area contributed by atoms with Crippen LogP contribution in [0.5, 0.6) is 0 Å². The number of amides is 1. The van der Waals surface area contributed by atoms with E-state index >= 15 is 0 Å². The number of nitrogens with two attached hydrogens (primary N) is 1. The van der Waals surface area contributed by atoms with Crippen molar-refractivity contribution >= 4 is 5.91 Å². The van der Waals surface area contributed by atoms with Gasteiger partial charge in [0.05, 0.1) is 6.61 Å². The van der Waals surface area contributed by atoms with Crippen LogP contribution in [0.15, 0.2) is 24.3 Å². The molecule has 0 heterocycles. The first-order valence-electron chi connectivity index (χ1n) is 7.19. The van der Waals surface area contributed by atoms with Gasteiger partial charge in [0.25, 0.3) is 0 Å². The molecule has 1 unspecified atom stereocenters. The molecule has 4 heteroatoms. The highest BCUT2D eigenvalue weighted by molar-refractivity contribution is 5.75. The van der Waals surface area contributed by atoms with E-state index in [1.807, 2.05) is 24.3 Å². The summed E-state index contributed by atoms with van der Waals surface area (Å²) in [5.74, 6) is 0.604. The van der Waals surface area contributed by atoms with Crippen molar-refractivity contribution in [2.45, 2.75) is 39.3 Å². The number of methoxy groups -OCH3 is 1. The summed E-state index contributed by atoms with van der Waals surface area (Å²) in [6, 6.07) is 8.00. The molecule has 0 bridgehead atoms. The van der Waals surface area contributed by atoms with Crippen molar-refractivity contribution in [3.8, 4) is 0 Å². The molecule has 0 fully saturated rings. The van der Waals surface area contributed by atoms with E-state index in [4.69, 9.17) is 10.5 Å². The molecule has 4 nitrogen and oxygen atoms in total. The Morgan fingerprint density at radius 3 is 2.65 bits per heavy atom. The third-order valence-corrected chi connectivity index (χ3v) is 3.42. The van der Waals surface area contributed by atoms with Gasteiger partial charge in [-0.25, -0.2) is 0 Å². The largest absolute Gasteiger partial charge is 0.380 e. The van der Waals surface area contributed by atoms with Crippen molar-refractivity contribution in [1.29, 1.82) is 0 Å². The summed E-state index contributed by atoms with van der Waals surface area (Å²) in [6.07, 6.45) is 2.43. The molecule has 112 valence electrons. The van der Waals surface area contributed by atoms with Crippen LogP contribution in [0.4, 0.5) is 0 Å². The maximum atomic E-state index is 11.8. The van der Waals surface area contributed by atoms with Gasteiger partial charge in [0, 0.05) is 20.1 Å². The average molecular weight is 278 g/mol. The first-order chi connectivity index (χ1) is 9.67. The zero-order valence-corrected chi connectivity index (χ0v) is 12.5. The number of rotatable bonds is 9. The van der Waals surface area contributed by atoms with Crippen LogP contribution in [0.1, 0.15) is 37.3 Å². The SMILES string of the molecule is COCc1ccccc1CNC(=O)CCC(C)CCN. The molecule has 0 radical (unpaired) electrons. The highest BCUT2D eigenvalue weighted by atomic mass is 16.5. The Bertz CT molecular complexity index is 407. The van der Waals surface area contributed by atoms with E-state index in [2.05, 4.69) is 12.2 Å². The lowest BCUT2D eigenvalue weighted by atomic mass is 10.0. The monoisotopic (exact) mass is 278 g/mol. The summed E-state index contributed by atoms with van der Waals surface area (Å²) in [7, 11) is 1.67. The van der Waals surface area contributed by atoms with E-state index in [9.17, 15) is 4.79 Å². The van der Waals surface area contributed by atoms with Crippen molar-refractivity contribution in [3.63, 3.8) is 0 Å². The molecule has 20 heavy (non-hydrogen) atoms. The third-order valence-electron chi connectivity index (χ3n) is 3.42. The van der Waals surface area contributed by atoms with E-state index in [-0.39, 0.29) is 5.91 Å². The molecular weight excluding hydrogens is 252 g/mol. The van der Waals surface area contributed by atoms with Crippen molar-refractivity contribution in [3.05, 3.63) is 35.4 Å². The molecule has 3 N–H and O–H groups in total. The predicted molar refractivity (Wildman–Crippen MR) is 81.1 cm³/mol. The van der Waals surface area contributed by atoms with Crippen LogP contribution < -0.4 is 11.1 Å². The highest BCUT2D eigenvalue weighted by Crippen LogP contribution is 2.11. The molecule has 0 aliphatic heterocycles. The zero-order chi connectivity index (χ0) is 14.8. The Hall–Kier alpha value is -1.39. The van der Waals surface area contributed by atoms with Crippen LogP contribution >= 0.6 is 0 Å². The van der Waals surface area contributed by atoms with Gasteiger partial charge in [0.2, 0.25) is 5.91 Å². The molecule has 1 aromatic carbocycles. The van der Waals surface area contributed by atoms with Gasteiger partial charge in [0.15, 0.2) is 0 Å². The molecule has 1 amide bonds. The molecular formula is C16H26N2O2. The first-order valence-corrected chi connectivity index (χ1v) is 7.19. The normalized spacial score (nSPS) is 12.2. The second-order valence-electron chi connectivity index (χ2n) is 5.20. The van der Waals surface area contributed by atoms with Crippen LogP contribution in [-0.2, 0) is 22.7 Å². The average Bonchev–Trinajstić information content (AvgIpc) is 2.45. The quantitative estimate of drug-likeness (QED) is 0.728. The lowest BCUT2D eigenvalue weighted by molar-refractivity contribution is -0.121. The Balaban J connectivity index is 2.37. The van der Waals surface area contributed by atoms with Gasteiger partial charge >= 0.3 is 0 Å². The topological polar surface area (TPSA) is 64.3 Å². The van der Waals surface area contributed by atoms with E-state index in [1.54, 1.807) is 7.11 Å². The van der Waals surface area contributed by atoms with Gasteiger partial charge in [-0.3, -0.25) is 4.79 Å². The summed E-state index contributed by atoms with van der Waals surface area (Å²) in [6.45, 7) is 3.95. The Labute approximate surface area is 121 Å². The van der Waals surface area contributed by atoms with Gasteiger partial charge in [0.1, 0.15) is 0 Å². The zero-order valence-electron chi connectivity index (χ0n) is 12.5. The highest BCUT2D eigenvalue weighted by Gasteiger charge is 2.07. The van der Waals surface area contributed by atoms with Gasteiger partial charge < -0.3 is 15.8 Å². The van der Waals surface area contributed by atoms with Crippen LogP contribution in [0, 0.1) is 5.92 Å². The maximum Gasteiger partial charge on any atom is 0.220 e. The maximum absolute atomic E-state index is 11.8. The fraction of sp³-hybridized carbons (Fsp3) is 0.562. The van der Waals surface area contributed by atoms with Crippen LogP contribution in [-0.4, -0.2) is 19.6 Å². The van der Waals surface area contributed by atoms with Gasteiger partial charge in [-0.2, -0.15) is 0 Å². The minimum absolute atomic E-state index is 0.0982. The number of carbonyl (C=O) groups excluding carboxylic acids is 1. The molecule has 0 saturated carbocycles. The number of carbonyl (C=O) groups is 1. The van der Waals surface area contributed by atoms with Gasteiger partial charge in [-0.1, -0.05) is 31.2 Å². The Morgan fingerprint density at radius 2 is 2.00 bits per heavy atom. The summed E-state index contributed by atoms with van der Waals surface area (Å²) < 4.78 is 5.16. The molecule has 0 saturated heterocycles. The summed E-state index contributed by atoms with van der Waals surface area (Å²) in [4.78, 5) is 11.8. The van der Waals surface area contributed by atoms with E-state index in [0.29, 0.717) is 32.0 Å². The van der Waals surface area contributed by atoms with Crippen molar-refractivity contribution in [2.24, 2.45) is 11.7 Å². The number of benzene rings is 1. The second-order valence-corrected chi connectivity index (χ2v) is 5.20.